The SMILES string of the molecule is CC/C(=C(/C)C(=O)O)N(C)C.Cl.N. The molecule has 0 spiro atoms. The molecular formula is C8H19ClN2O2. The first-order chi connectivity index (χ1) is 5.00. The maximum atomic E-state index is 10.5. The van der Waals surface area contributed by atoms with Crippen molar-refractivity contribution in [1.82, 2.24) is 11.1 Å². The number of aliphatic carboxylic acids is 1. The zero-order valence-corrected chi connectivity index (χ0v) is 9.44. The van der Waals surface area contributed by atoms with Crippen LogP contribution in [0.2, 0.25) is 0 Å². The Kier molecular flexibility index (Phi) is 11.0. The second-order valence-corrected chi connectivity index (χ2v) is 2.62. The molecule has 0 saturated heterocycles. The summed E-state index contributed by atoms with van der Waals surface area (Å²) < 4.78 is 0. The Morgan fingerprint density at radius 2 is 1.77 bits per heavy atom. The molecule has 4 nitrogen and oxygen atoms in total. The molecule has 80 valence electrons. The number of allylic oxidation sites excluding steroid dienone is 1. The third-order valence-electron chi connectivity index (χ3n) is 1.63. The lowest BCUT2D eigenvalue weighted by atomic mass is 10.2. The van der Waals surface area contributed by atoms with Gasteiger partial charge >= 0.3 is 5.97 Å². The van der Waals surface area contributed by atoms with Gasteiger partial charge in [-0.05, 0) is 13.3 Å². The monoisotopic (exact) mass is 210 g/mol. The second-order valence-electron chi connectivity index (χ2n) is 2.62. The minimum Gasteiger partial charge on any atom is -0.478 e. The molecule has 0 aliphatic rings. The van der Waals surface area contributed by atoms with Gasteiger partial charge in [-0.1, -0.05) is 6.92 Å². The minimum absolute atomic E-state index is 0. The summed E-state index contributed by atoms with van der Waals surface area (Å²) in [6.07, 6.45) is 0.755. The zero-order valence-electron chi connectivity index (χ0n) is 8.63. The maximum absolute atomic E-state index is 10.5. The summed E-state index contributed by atoms with van der Waals surface area (Å²) in [6.45, 7) is 3.57. The average molecular weight is 211 g/mol. The molecule has 0 aromatic carbocycles. The number of nitrogens with zero attached hydrogens (tertiary/aromatic N) is 1. The van der Waals surface area contributed by atoms with E-state index in [2.05, 4.69) is 0 Å². The molecule has 0 atom stereocenters. The van der Waals surface area contributed by atoms with E-state index < -0.39 is 5.97 Å². The normalized spacial score (nSPS) is 10.5. The van der Waals surface area contributed by atoms with Gasteiger partial charge in [-0.2, -0.15) is 0 Å². The van der Waals surface area contributed by atoms with Gasteiger partial charge in [0, 0.05) is 19.8 Å². The summed E-state index contributed by atoms with van der Waals surface area (Å²) >= 11 is 0. The number of carboxylic acid groups (broad SMARTS) is 1. The van der Waals surface area contributed by atoms with Crippen molar-refractivity contribution >= 4 is 18.4 Å². The van der Waals surface area contributed by atoms with Crippen molar-refractivity contribution in [3.63, 3.8) is 0 Å². The van der Waals surface area contributed by atoms with E-state index in [0.717, 1.165) is 12.1 Å². The van der Waals surface area contributed by atoms with Crippen LogP contribution in [0.3, 0.4) is 0 Å². The molecule has 0 radical (unpaired) electrons. The Morgan fingerprint density at radius 3 is 1.85 bits per heavy atom. The van der Waals surface area contributed by atoms with Crippen molar-refractivity contribution < 1.29 is 9.90 Å². The number of rotatable bonds is 3. The van der Waals surface area contributed by atoms with E-state index in [0.29, 0.717) is 5.57 Å². The van der Waals surface area contributed by atoms with Gasteiger partial charge in [-0.15, -0.1) is 12.4 Å². The van der Waals surface area contributed by atoms with Gasteiger partial charge in [0.2, 0.25) is 0 Å². The molecule has 4 N–H and O–H groups in total. The number of hydrogen-bond acceptors (Lipinski definition) is 3. The van der Waals surface area contributed by atoms with E-state index in [1.165, 1.54) is 0 Å². The quantitative estimate of drug-likeness (QED) is 0.698. The highest BCUT2D eigenvalue weighted by atomic mass is 35.5. The van der Waals surface area contributed by atoms with E-state index in [1.807, 2.05) is 25.9 Å². The summed E-state index contributed by atoms with van der Waals surface area (Å²) in [5.41, 5.74) is 1.30. The summed E-state index contributed by atoms with van der Waals surface area (Å²) in [5, 5.41) is 8.65. The molecule has 0 rings (SSSR count). The van der Waals surface area contributed by atoms with E-state index in [1.54, 1.807) is 6.92 Å². The van der Waals surface area contributed by atoms with E-state index >= 15 is 0 Å². The van der Waals surface area contributed by atoms with Crippen LogP contribution in [0.25, 0.3) is 0 Å². The van der Waals surface area contributed by atoms with Crippen LogP contribution in [0.1, 0.15) is 20.3 Å². The van der Waals surface area contributed by atoms with Crippen LogP contribution in [0.4, 0.5) is 0 Å². The largest absolute Gasteiger partial charge is 0.478 e. The molecule has 13 heavy (non-hydrogen) atoms. The summed E-state index contributed by atoms with van der Waals surface area (Å²) in [6, 6.07) is 0. The van der Waals surface area contributed by atoms with Gasteiger partial charge in [0.15, 0.2) is 0 Å². The highest BCUT2D eigenvalue weighted by molar-refractivity contribution is 5.86. The van der Waals surface area contributed by atoms with Crippen LogP contribution in [0.5, 0.6) is 0 Å². The van der Waals surface area contributed by atoms with Gasteiger partial charge in [-0.25, -0.2) is 4.79 Å². The second kappa shape index (κ2) is 7.89. The lowest BCUT2D eigenvalue weighted by molar-refractivity contribution is -0.132. The van der Waals surface area contributed by atoms with Crippen LogP contribution in [-0.2, 0) is 4.79 Å². The molecule has 0 aromatic heterocycles. The van der Waals surface area contributed by atoms with E-state index in [4.69, 9.17) is 5.11 Å². The fourth-order valence-electron chi connectivity index (χ4n) is 1.04. The van der Waals surface area contributed by atoms with Crippen molar-refractivity contribution in [3.8, 4) is 0 Å². The first-order valence-corrected chi connectivity index (χ1v) is 3.61. The maximum Gasteiger partial charge on any atom is 0.333 e. The first kappa shape index (κ1) is 18.1. The van der Waals surface area contributed by atoms with E-state index in [9.17, 15) is 4.79 Å². The highest BCUT2D eigenvalue weighted by Crippen LogP contribution is 2.10. The molecule has 0 aromatic rings. The number of carboxylic acids is 1. The van der Waals surface area contributed by atoms with Crippen LogP contribution in [-0.4, -0.2) is 30.1 Å². The summed E-state index contributed by atoms with van der Waals surface area (Å²) in [5.74, 6) is -0.837. The van der Waals surface area contributed by atoms with Crippen LogP contribution in [0.15, 0.2) is 11.3 Å². The Bertz CT molecular complexity index is 191. The molecule has 0 heterocycles. The van der Waals surface area contributed by atoms with Crippen LogP contribution >= 0.6 is 12.4 Å². The van der Waals surface area contributed by atoms with Gasteiger partial charge in [0.05, 0.1) is 5.57 Å². The Hall–Kier alpha value is -0.740. The Morgan fingerprint density at radius 1 is 1.38 bits per heavy atom. The lowest BCUT2D eigenvalue weighted by Gasteiger charge is -2.17. The molecule has 0 fully saturated rings. The van der Waals surface area contributed by atoms with Crippen molar-refractivity contribution in [3.05, 3.63) is 11.3 Å². The zero-order chi connectivity index (χ0) is 9.02. The molecule has 0 unspecified atom stereocenters. The van der Waals surface area contributed by atoms with Gasteiger partial charge in [0.25, 0.3) is 0 Å². The average Bonchev–Trinajstić information content (AvgIpc) is 1.88. The van der Waals surface area contributed by atoms with Crippen molar-refractivity contribution in [2.24, 2.45) is 0 Å². The van der Waals surface area contributed by atoms with Crippen LogP contribution < -0.4 is 6.15 Å². The third-order valence-corrected chi connectivity index (χ3v) is 1.63. The number of halogens is 1. The third kappa shape index (κ3) is 5.49. The Labute approximate surface area is 85.6 Å². The topological polar surface area (TPSA) is 75.5 Å². The van der Waals surface area contributed by atoms with Gasteiger partial charge in [0.1, 0.15) is 0 Å². The van der Waals surface area contributed by atoms with Crippen LogP contribution in [0, 0.1) is 0 Å². The van der Waals surface area contributed by atoms with Gasteiger partial charge < -0.3 is 16.2 Å². The summed E-state index contributed by atoms with van der Waals surface area (Å²) in [4.78, 5) is 12.4. The van der Waals surface area contributed by atoms with Crippen molar-refractivity contribution in [2.45, 2.75) is 20.3 Å². The predicted octanol–water partition coefficient (Wildman–Crippen LogP) is 1.90. The standard InChI is InChI=1S/C8H15NO2.ClH.H3N/c1-5-7(9(3)4)6(2)8(10)11;;/h5H2,1-4H3,(H,10,11);1H;1H3/b7-6+;;. The highest BCUT2D eigenvalue weighted by Gasteiger charge is 2.08. The molecular weight excluding hydrogens is 192 g/mol. The smallest absolute Gasteiger partial charge is 0.333 e. The number of hydrogen-bond donors (Lipinski definition) is 2. The molecule has 0 aliphatic carbocycles. The summed E-state index contributed by atoms with van der Waals surface area (Å²) in [7, 11) is 3.70. The molecule has 5 heteroatoms. The number of carbonyl (C=O) groups is 1. The fourth-order valence-corrected chi connectivity index (χ4v) is 1.04. The predicted molar refractivity (Wildman–Crippen MR) is 56.6 cm³/mol. The Balaban J connectivity index is -0.000000500. The van der Waals surface area contributed by atoms with Gasteiger partial charge in [-0.3, -0.25) is 0 Å². The molecule has 0 bridgehead atoms. The lowest BCUT2D eigenvalue weighted by Crippen LogP contribution is -2.15. The first-order valence-electron chi connectivity index (χ1n) is 3.61. The molecule has 0 amide bonds. The minimum atomic E-state index is -0.837. The molecule has 0 aliphatic heterocycles. The fraction of sp³-hybridized carbons (Fsp3) is 0.625. The molecule has 0 saturated carbocycles. The van der Waals surface area contributed by atoms with E-state index in [-0.39, 0.29) is 18.6 Å². The van der Waals surface area contributed by atoms with Crippen molar-refractivity contribution in [2.75, 3.05) is 14.1 Å². The van der Waals surface area contributed by atoms with Crippen molar-refractivity contribution in [1.29, 1.82) is 0 Å².